The van der Waals surface area contributed by atoms with E-state index in [1.807, 2.05) is 0 Å². The summed E-state index contributed by atoms with van der Waals surface area (Å²) in [5, 5.41) is 21.2. The lowest BCUT2D eigenvalue weighted by Gasteiger charge is -2.25. The number of nitrogens with one attached hydrogen (secondary N) is 1. The van der Waals surface area contributed by atoms with Crippen LogP contribution < -0.4 is 15.0 Å². The standard InChI is InChI=1S/C27H24F2N6O5/c1-33(21-7-9-23(40-2)10-8-21)27(37)24(13-18-11-19(28)14-20(29)12-18)30-26(36)25-16-34(32-31-25)15-17-3-5-22(6-4-17)35(38)39/h3-12,14,16,24H,13,15H2,1-2H3,(H,30,36). The fraction of sp³-hybridized carbons (Fsp3) is 0.185. The minimum Gasteiger partial charge on any atom is -0.497 e. The van der Waals surface area contributed by atoms with Gasteiger partial charge in [-0.3, -0.25) is 19.7 Å². The van der Waals surface area contributed by atoms with Gasteiger partial charge in [0.2, 0.25) is 5.91 Å². The highest BCUT2D eigenvalue weighted by atomic mass is 19.1. The Hall–Kier alpha value is -5.20. The molecule has 4 aromatic rings. The first-order valence-electron chi connectivity index (χ1n) is 11.9. The number of nitro benzene ring substituents is 1. The van der Waals surface area contributed by atoms with Gasteiger partial charge < -0.3 is 15.0 Å². The van der Waals surface area contributed by atoms with Gasteiger partial charge in [0.25, 0.3) is 11.6 Å². The number of aromatic nitrogens is 3. The Labute approximate surface area is 227 Å². The van der Waals surface area contributed by atoms with Gasteiger partial charge in [-0.25, -0.2) is 13.5 Å². The molecule has 11 nitrogen and oxygen atoms in total. The Kier molecular flexibility index (Phi) is 8.42. The number of rotatable bonds is 10. The molecule has 0 fully saturated rings. The Morgan fingerprint density at radius 3 is 2.30 bits per heavy atom. The maximum Gasteiger partial charge on any atom is 0.274 e. The fourth-order valence-corrected chi connectivity index (χ4v) is 3.95. The minimum absolute atomic E-state index is 0.0593. The maximum absolute atomic E-state index is 13.9. The Morgan fingerprint density at radius 1 is 1.05 bits per heavy atom. The number of ether oxygens (including phenoxy) is 1. The summed E-state index contributed by atoms with van der Waals surface area (Å²) in [6.45, 7) is 0.184. The minimum atomic E-state index is -1.21. The highest BCUT2D eigenvalue weighted by molar-refractivity contribution is 6.01. The van der Waals surface area contributed by atoms with E-state index in [0.29, 0.717) is 23.1 Å². The number of non-ortho nitro benzene ring substituents is 1. The second-order valence-electron chi connectivity index (χ2n) is 8.83. The van der Waals surface area contributed by atoms with Crippen LogP contribution >= 0.6 is 0 Å². The van der Waals surface area contributed by atoms with Crippen molar-refractivity contribution in [1.29, 1.82) is 0 Å². The Balaban J connectivity index is 1.53. The van der Waals surface area contributed by atoms with E-state index in [1.165, 1.54) is 42.1 Å². The smallest absolute Gasteiger partial charge is 0.274 e. The molecule has 1 aromatic heterocycles. The average Bonchev–Trinajstić information content (AvgIpc) is 3.40. The van der Waals surface area contributed by atoms with Gasteiger partial charge in [-0.1, -0.05) is 17.3 Å². The number of likely N-dealkylation sites (N-methyl/N-ethyl adjacent to an activating group) is 1. The van der Waals surface area contributed by atoms with Crippen molar-refractivity contribution in [1.82, 2.24) is 20.3 Å². The summed E-state index contributed by atoms with van der Waals surface area (Å²) < 4.78 is 34.2. The fourth-order valence-electron chi connectivity index (χ4n) is 3.95. The first-order valence-corrected chi connectivity index (χ1v) is 11.9. The number of carbonyl (C=O) groups is 2. The zero-order valence-electron chi connectivity index (χ0n) is 21.5. The van der Waals surface area contributed by atoms with Crippen molar-refractivity contribution in [3.8, 4) is 5.75 Å². The molecule has 13 heteroatoms. The topological polar surface area (TPSA) is 132 Å². The Bertz CT molecular complexity index is 1510. The molecule has 1 N–H and O–H groups in total. The molecule has 1 heterocycles. The monoisotopic (exact) mass is 550 g/mol. The molecule has 0 spiro atoms. The van der Waals surface area contributed by atoms with Gasteiger partial charge >= 0.3 is 0 Å². The van der Waals surface area contributed by atoms with Crippen molar-refractivity contribution < 1.29 is 28.0 Å². The first kappa shape index (κ1) is 27.8. The molecule has 3 aromatic carbocycles. The first-order chi connectivity index (χ1) is 19.1. The van der Waals surface area contributed by atoms with Crippen LogP contribution in [0.4, 0.5) is 20.2 Å². The lowest BCUT2D eigenvalue weighted by atomic mass is 10.0. The molecule has 206 valence electrons. The van der Waals surface area contributed by atoms with Crippen molar-refractivity contribution in [3.63, 3.8) is 0 Å². The van der Waals surface area contributed by atoms with E-state index < -0.39 is 34.4 Å². The predicted molar refractivity (Wildman–Crippen MR) is 140 cm³/mol. The summed E-state index contributed by atoms with van der Waals surface area (Å²) >= 11 is 0. The molecule has 0 bridgehead atoms. The number of hydrogen-bond donors (Lipinski definition) is 1. The third-order valence-electron chi connectivity index (χ3n) is 6.02. The number of anilines is 1. The molecule has 1 unspecified atom stereocenters. The van der Waals surface area contributed by atoms with Crippen LogP contribution in [0.5, 0.6) is 5.75 Å². The predicted octanol–water partition coefficient (Wildman–Crippen LogP) is 3.53. The van der Waals surface area contributed by atoms with Gasteiger partial charge in [0, 0.05) is 37.4 Å². The number of hydrogen-bond acceptors (Lipinski definition) is 7. The number of halogens is 2. The van der Waals surface area contributed by atoms with Crippen molar-refractivity contribution >= 4 is 23.2 Å². The third-order valence-corrected chi connectivity index (χ3v) is 6.02. The molecule has 1 atom stereocenters. The van der Waals surface area contributed by atoms with Crippen molar-refractivity contribution in [2.75, 3.05) is 19.1 Å². The van der Waals surface area contributed by atoms with E-state index in [1.54, 1.807) is 36.4 Å². The van der Waals surface area contributed by atoms with Gasteiger partial charge in [-0.15, -0.1) is 5.10 Å². The van der Waals surface area contributed by atoms with E-state index in [-0.39, 0.29) is 29.9 Å². The van der Waals surface area contributed by atoms with Gasteiger partial charge in [-0.2, -0.15) is 0 Å². The molecule has 0 saturated carbocycles. The molecule has 0 saturated heterocycles. The van der Waals surface area contributed by atoms with Crippen LogP contribution in [0.3, 0.4) is 0 Å². The Morgan fingerprint density at radius 2 is 1.70 bits per heavy atom. The van der Waals surface area contributed by atoms with Crippen molar-refractivity contribution in [2.24, 2.45) is 0 Å². The summed E-state index contributed by atoms with van der Waals surface area (Å²) in [6, 6.07) is 14.1. The molecule has 0 radical (unpaired) electrons. The van der Waals surface area contributed by atoms with E-state index in [4.69, 9.17) is 4.74 Å². The lowest BCUT2D eigenvalue weighted by molar-refractivity contribution is -0.384. The normalized spacial score (nSPS) is 11.5. The van der Waals surface area contributed by atoms with Crippen LogP contribution in [0.25, 0.3) is 0 Å². The molecule has 4 rings (SSSR count). The van der Waals surface area contributed by atoms with Gasteiger partial charge in [0.1, 0.15) is 23.4 Å². The SMILES string of the molecule is COc1ccc(N(C)C(=O)C(Cc2cc(F)cc(F)c2)NC(=O)c2cn(Cc3ccc([N+](=O)[O-])cc3)nn2)cc1. The highest BCUT2D eigenvalue weighted by Gasteiger charge is 2.27. The highest BCUT2D eigenvalue weighted by Crippen LogP contribution is 2.20. The number of nitro groups is 1. The number of amides is 2. The summed E-state index contributed by atoms with van der Waals surface area (Å²) in [4.78, 5) is 38.2. The van der Waals surface area contributed by atoms with Crippen LogP contribution in [0, 0.1) is 21.7 Å². The third kappa shape index (κ3) is 6.81. The van der Waals surface area contributed by atoms with Crippen molar-refractivity contribution in [3.05, 3.63) is 111 Å². The van der Waals surface area contributed by atoms with Crippen molar-refractivity contribution in [2.45, 2.75) is 19.0 Å². The van der Waals surface area contributed by atoms with Gasteiger partial charge in [0.15, 0.2) is 5.69 Å². The lowest BCUT2D eigenvalue weighted by Crippen LogP contribution is -2.49. The largest absolute Gasteiger partial charge is 0.497 e. The van der Waals surface area contributed by atoms with Gasteiger partial charge in [0.05, 0.1) is 24.8 Å². The number of benzene rings is 3. The van der Waals surface area contributed by atoms with Gasteiger partial charge in [-0.05, 0) is 47.5 Å². The van der Waals surface area contributed by atoms with E-state index >= 15 is 0 Å². The van der Waals surface area contributed by atoms with Crippen LogP contribution in [-0.4, -0.2) is 51.9 Å². The molecule has 0 aliphatic rings. The average molecular weight is 551 g/mol. The number of nitrogens with zero attached hydrogens (tertiary/aromatic N) is 5. The van der Waals surface area contributed by atoms with Crippen LogP contribution in [0.1, 0.15) is 21.6 Å². The number of methoxy groups -OCH3 is 1. The van der Waals surface area contributed by atoms with Crippen LogP contribution in [0.15, 0.2) is 72.9 Å². The molecule has 40 heavy (non-hydrogen) atoms. The maximum atomic E-state index is 13.9. The zero-order chi connectivity index (χ0) is 28.8. The summed E-state index contributed by atoms with van der Waals surface area (Å²) in [7, 11) is 3.02. The summed E-state index contributed by atoms with van der Waals surface area (Å²) in [5.41, 5.74) is 1.20. The van der Waals surface area contributed by atoms with E-state index in [0.717, 1.165) is 12.1 Å². The van der Waals surface area contributed by atoms with Crippen LogP contribution in [-0.2, 0) is 17.8 Å². The second-order valence-corrected chi connectivity index (χ2v) is 8.83. The molecule has 0 aliphatic heterocycles. The van der Waals surface area contributed by atoms with Crippen LogP contribution in [0.2, 0.25) is 0 Å². The second kappa shape index (κ2) is 12.1. The van der Waals surface area contributed by atoms with E-state index in [9.17, 15) is 28.5 Å². The summed E-state index contributed by atoms with van der Waals surface area (Å²) in [5.74, 6) is -2.31. The summed E-state index contributed by atoms with van der Waals surface area (Å²) in [6.07, 6.45) is 1.16. The molecular formula is C27H24F2N6O5. The van der Waals surface area contributed by atoms with E-state index in [2.05, 4.69) is 15.6 Å². The molecular weight excluding hydrogens is 526 g/mol. The quantitative estimate of drug-likeness (QED) is 0.236. The molecule has 0 aliphatic carbocycles. The molecule has 2 amide bonds. The zero-order valence-corrected chi connectivity index (χ0v) is 21.5. The number of carbonyl (C=O) groups excluding carboxylic acids is 2.